The van der Waals surface area contributed by atoms with E-state index >= 15 is 0 Å². The molecule has 1 aliphatic carbocycles. The number of carbonyl (C=O) groups is 1. The SMILES string of the molecule is C[C@@H](Nc1nc(N[C@H](C)C(F)(F)F)nc(C2=C(F)C(=O)C(F)(F)CC2)n1)C(F)(F)F. The number of aromatic nitrogens is 3. The van der Waals surface area contributed by atoms with Crippen LogP contribution >= 0.6 is 0 Å². The molecule has 1 aromatic rings. The molecule has 2 rings (SSSR count). The van der Waals surface area contributed by atoms with Gasteiger partial charge in [0.15, 0.2) is 11.7 Å². The van der Waals surface area contributed by atoms with Gasteiger partial charge in [0.25, 0.3) is 5.78 Å². The average molecular weight is 451 g/mol. The zero-order valence-corrected chi connectivity index (χ0v) is 15.2. The number of nitrogens with one attached hydrogen (secondary N) is 2. The van der Waals surface area contributed by atoms with Gasteiger partial charge < -0.3 is 10.6 Å². The van der Waals surface area contributed by atoms with Gasteiger partial charge in [0.1, 0.15) is 12.1 Å². The van der Waals surface area contributed by atoms with Crippen LogP contribution in [0.5, 0.6) is 0 Å². The molecule has 15 heteroatoms. The zero-order chi connectivity index (χ0) is 23.1. The number of hydrogen-bond acceptors (Lipinski definition) is 6. The van der Waals surface area contributed by atoms with Crippen molar-refractivity contribution in [1.29, 1.82) is 0 Å². The fraction of sp³-hybridized carbons (Fsp3) is 0.600. The Hall–Kier alpha value is -2.61. The number of nitrogens with zero attached hydrogens (tertiary/aromatic N) is 3. The molecule has 2 N–H and O–H groups in total. The number of Topliss-reactive ketones (excluding diaryl/α,β-unsaturated/α-hetero) is 1. The lowest BCUT2D eigenvalue weighted by Crippen LogP contribution is -2.36. The summed E-state index contributed by atoms with van der Waals surface area (Å²) in [7, 11) is 0. The van der Waals surface area contributed by atoms with Gasteiger partial charge in [-0.05, 0) is 20.3 Å². The van der Waals surface area contributed by atoms with Crippen molar-refractivity contribution in [3.63, 3.8) is 0 Å². The summed E-state index contributed by atoms with van der Waals surface area (Å²) in [5, 5.41) is 3.54. The van der Waals surface area contributed by atoms with Crippen molar-refractivity contribution in [1.82, 2.24) is 15.0 Å². The molecule has 0 unspecified atom stereocenters. The van der Waals surface area contributed by atoms with Crippen LogP contribution in [0, 0.1) is 0 Å². The Kier molecular flexibility index (Phi) is 6.24. The number of rotatable bonds is 5. The molecule has 6 nitrogen and oxygen atoms in total. The first-order chi connectivity index (χ1) is 13.5. The molecule has 0 spiro atoms. The second-order valence-electron chi connectivity index (χ2n) is 6.45. The Labute approximate surface area is 163 Å². The van der Waals surface area contributed by atoms with E-state index in [4.69, 9.17) is 0 Å². The molecule has 0 saturated carbocycles. The summed E-state index contributed by atoms with van der Waals surface area (Å²) in [6, 6.07) is -4.53. The monoisotopic (exact) mass is 451 g/mol. The van der Waals surface area contributed by atoms with Gasteiger partial charge in [-0.25, -0.2) is 4.39 Å². The van der Waals surface area contributed by atoms with Gasteiger partial charge in [0, 0.05) is 12.0 Å². The molecule has 0 radical (unpaired) electrons. The number of halogens is 9. The summed E-state index contributed by atoms with van der Waals surface area (Å²) in [6.45, 7) is 1.30. The fourth-order valence-corrected chi connectivity index (χ4v) is 2.20. The Bertz CT molecular complexity index is 810. The van der Waals surface area contributed by atoms with E-state index in [1.807, 2.05) is 0 Å². The van der Waals surface area contributed by atoms with Gasteiger partial charge in [0.2, 0.25) is 11.9 Å². The third kappa shape index (κ3) is 5.30. The molecule has 0 saturated heterocycles. The van der Waals surface area contributed by atoms with E-state index in [0.717, 1.165) is 0 Å². The Morgan fingerprint density at radius 2 is 1.33 bits per heavy atom. The lowest BCUT2D eigenvalue weighted by molar-refractivity contribution is -0.142. The maximum absolute atomic E-state index is 14.1. The quantitative estimate of drug-likeness (QED) is 0.651. The van der Waals surface area contributed by atoms with E-state index in [2.05, 4.69) is 15.0 Å². The van der Waals surface area contributed by atoms with Crippen LogP contribution in [0.2, 0.25) is 0 Å². The maximum atomic E-state index is 14.1. The molecular weight excluding hydrogens is 437 g/mol. The van der Waals surface area contributed by atoms with E-state index in [9.17, 15) is 44.3 Å². The van der Waals surface area contributed by atoms with E-state index in [1.165, 1.54) is 0 Å². The number of alkyl halides is 8. The summed E-state index contributed by atoms with van der Waals surface area (Å²) in [5.41, 5.74) is -0.779. The van der Waals surface area contributed by atoms with Crippen molar-refractivity contribution in [3.05, 3.63) is 11.7 Å². The number of ketones is 1. The second kappa shape index (κ2) is 7.91. The third-order valence-electron chi connectivity index (χ3n) is 4.06. The normalized spacial score (nSPS) is 19.5. The number of allylic oxidation sites excluding steroid dienone is 2. The molecule has 2 atom stereocenters. The molecule has 168 valence electrons. The van der Waals surface area contributed by atoms with E-state index in [-0.39, 0.29) is 0 Å². The number of anilines is 2. The van der Waals surface area contributed by atoms with Crippen molar-refractivity contribution in [2.24, 2.45) is 0 Å². The minimum atomic E-state index is -4.80. The second-order valence-corrected chi connectivity index (χ2v) is 6.45. The van der Waals surface area contributed by atoms with Crippen molar-refractivity contribution < 1.29 is 44.3 Å². The largest absolute Gasteiger partial charge is 0.408 e. The molecule has 0 amide bonds. The van der Waals surface area contributed by atoms with Crippen LogP contribution in [-0.4, -0.2) is 51.1 Å². The summed E-state index contributed by atoms with van der Waals surface area (Å²) < 4.78 is 117. The first-order valence-electron chi connectivity index (χ1n) is 8.26. The van der Waals surface area contributed by atoms with Crippen LogP contribution in [0.25, 0.3) is 5.57 Å². The van der Waals surface area contributed by atoms with Crippen molar-refractivity contribution in [2.45, 2.75) is 57.0 Å². The first-order valence-corrected chi connectivity index (χ1v) is 8.26. The van der Waals surface area contributed by atoms with Crippen LogP contribution in [0.15, 0.2) is 5.83 Å². The van der Waals surface area contributed by atoms with Gasteiger partial charge in [-0.2, -0.15) is 50.1 Å². The summed E-state index contributed by atoms with van der Waals surface area (Å²) in [5.74, 6) is -10.8. The van der Waals surface area contributed by atoms with Gasteiger partial charge in [-0.15, -0.1) is 0 Å². The number of carbonyl (C=O) groups excluding carboxylic acids is 1. The summed E-state index contributed by atoms with van der Waals surface area (Å²) in [4.78, 5) is 21.7. The molecule has 30 heavy (non-hydrogen) atoms. The topological polar surface area (TPSA) is 79.8 Å². The highest BCUT2D eigenvalue weighted by molar-refractivity contribution is 6.05. The maximum Gasteiger partial charge on any atom is 0.408 e. The minimum Gasteiger partial charge on any atom is -0.343 e. The van der Waals surface area contributed by atoms with Crippen LogP contribution < -0.4 is 10.6 Å². The Morgan fingerprint density at radius 3 is 1.73 bits per heavy atom. The third-order valence-corrected chi connectivity index (χ3v) is 4.06. The smallest absolute Gasteiger partial charge is 0.343 e. The summed E-state index contributed by atoms with van der Waals surface area (Å²) >= 11 is 0. The standard InChI is InChI=1S/C15H14F9N5O/c1-5(14(19,20)21)25-11-27-10(7-3-4-13(17,18)9(30)8(7)16)28-12(29-11)26-6(2)15(22,23)24/h5-6H,3-4H2,1-2H3,(H2,25,26,27,28,29)/t5-,6-/m1/s1. The summed E-state index contributed by atoms with van der Waals surface area (Å²) in [6.07, 6.45) is -11.5. The van der Waals surface area contributed by atoms with Gasteiger partial charge >= 0.3 is 18.3 Å². The number of hydrogen-bond donors (Lipinski definition) is 2. The van der Waals surface area contributed by atoms with E-state index in [1.54, 1.807) is 10.6 Å². The van der Waals surface area contributed by atoms with Crippen molar-refractivity contribution in [2.75, 3.05) is 10.6 Å². The van der Waals surface area contributed by atoms with E-state index in [0.29, 0.717) is 13.8 Å². The minimum absolute atomic E-state index is 0.652. The van der Waals surface area contributed by atoms with Crippen LogP contribution in [0.3, 0.4) is 0 Å². The lowest BCUT2D eigenvalue weighted by atomic mass is 9.93. The van der Waals surface area contributed by atoms with Crippen molar-refractivity contribution in [3.8, 4) is 0 Å². The van der Waals surface area contributed by atoms with E-state index < -0.39 is 78.1 Å². The van der Waals surface area contributed by atoms with Crippen LogP contribution in [0.4, 0.5) is 51.4 Å². The zero-order valence-electron chi connectivity index (χ0n) is 15.2. The predicted octanol–water partition coefficient (Wildman–Crippen LogP) is 4.28. The molecule has 1 aromatic heterocycles. The first kappa shape index (κ1) is 23.7. The highest BCUT2D eigenvalue weighted by atomic mass is 19.4. The lowest BCUT2D eigenvalue weighted by Gasteiger charge is -2.23. The molecule has 0 aromatic carbocycles. The highest BCUT2D eigenvalue weighted by Crippen LogP contribution is 2.38. The molecule has 1 aliphatic rings. The van der Waals surface area contributed by atoms with Gasteiger partial charge in [-0.3, -0.25) is 4.79 Å². The van der Waals surface area contributed by atoms with Crippen LogP contribution in [-0.2, 0) is 4.79 Å². The Balaban J connectivity index is 2.51. The molecule has 0 bridgehead atoms. The molecular formula is C15H14F9N5O. The average Bonchev–Trinajstić information content (AvgIpc) is 2.58. The fourth-order valence-electron chi connectivity index (χ4n) is 2.20. The molecule has 1 heterocycles. The predicted molar refractivity (Wildman–Crippen MR) is 85.3 cm³/mol. The Morgan fingerprint density at radius 1 is 0.900 bits per heavy atom. The highest BCUT2D eigenvalue weighted by Gasteiger charge is 2.46. The molecule has 0 fully saturated rings. The van der Waals surface area contributed by atoms with Gasteiger partial charge in [0.05, 0.1) is 0 Å². The van der Waals surface area contributed by atoms with Crippen LogP contribution in [0.1, 0.15) is 32.5 Å². The molecule has 0 aliphatic heterocycles. The van der Waals surface area contributed by atoms with Gasteiger partial charge in [-0.1, -0.05) is 0 Å². The van der Waals surface area contributed by atoms with Crippen molar-refractivity contribution >= 4 is 23.3 Å².